The summed E-state index contributed by atoms with van der Waals surface area (Å²) in [6, 6.07) is 10.4. The topological polar surface area (TPSA) is 59.4 Å². The van der Waals surface area contributed by atoms with Gasteiger partial charge in [0, 0.05) is 38.4 Å². The molecule has 4 atom stereocenters. The van der Waals surface area contributed by atoms with E-state index < -0.39 is 12.2 Å². The molecule has 2 heterocycles. The molecule has 6 nitrogen and oxygen atoms in total. The van der Waals surface area contributed by atoms with Crippen molar-refractivity contribution in [1.29, 1.82) is 0 Å². The lowest BCUT2D eigenvalue weighted by Crippen LogP contribution is -2.57. The van der Waals surface area contributed by atoms with Crippen LogP contribution in [0.5, 0.6) is 0 Å². The highest BCUT2D eigenvalue weighted by atomic mass is 35.5. The first-order valence-corrected chi connectivity index (χ1v) is 8.73. The van der Waals surface area contributed by atoms with Crippen LogP contribution in [0, 0.1) is 0 Å². The summed E-state index contributed by atoms with van der Waals surface area (Å²) in [5, 5.41) is 20.1. The second-order valence-electron chi connectivity index (χ2n) is 7.00. The fourth-order valence-electron chi connectivity index (χ4n) is 3.86. The SMILES string of the molecule is CN(C)C[C@H]1O[C@@H](CO)[C@@H](O)[C@H]1N1CCN(c2ccccc2)CC1.Cl.Cl.Cl. The van der Waals surface area contributed by atoms with E-state index in [4.69, 9.17) is 4.74 Å². The number of halogens is 3. The molecule has 1 aromatic carbocycles. The molecule has 0 spiro atoms. The number of benzene rings is 1. The zero-order valence-corrected chi connectivity index (χ0v) is 18.3. The van der Waals surface area contributed by atoms with Crippen LogP contribution in [0.4, 0.5) is 5.69 Å². The van der Waals surface area contributed by atoms with Crippen molar-refractivity contribution >= 4 is 42.9 Å². The van der Waals surface area contributed by atoms with E-state index in [-0.39, 0.29) is 56.0 Å². The van der Waals surface area contributed by atoms with Crippen molar-refractivity contribution in [2.24, 2.45) is 0 Å². The molecule has 2 N–H and O–H groups in total. The highest BCUT2D eigenvalue weighted by Gasteiger charge is 2.46. The zero-order chi connectivity index (χ0) is 17.1. The van der Waals surface area contributed by atoms with Crippen molar-refractivity contribution in [3.05, 3.63) is 30.3 Å². The molecule has 9 heteroatoms. The van der Waals surface area contributed by atoms with E-state index in [1.54, 1.807) is 0 Å². The number of ether oxygens (including phenoxy) is 1. The summed E-state index contributed by atoms with van der Waals surface area (Å²) in [5.41, 5.74) is 1.25. The Hall–Kier alpha value is -0.310. The van der Waals surface area contributed by atoms with Crippen LogP contribution in [0.25, 0.3) is 0 Å². The Labute approximate surface area is 180 Å². The van der Waals surface area contributed by atoms with Crippen molar-refractivity contribution in [2.75, 3.05) is 58.3 Å². The molecule has 0 saturated carbocycles. The molecule has 0 radical (unpaired) electrons. The minimum Gasteiger partial charge on any atom is -0.394 e. The van der Waals surface area contributed by atoms with Crippen LogP contribution in [0.2, 0.25) is 0 Å². The highest BCUT2D eigenvalue weighted by Crippen LogP contribution is 2.28. The summed E-state index contributed by atoms with van der Waals surface area (Å²) in [4.78, 5) is 6.78. The van der Waals surface area contributed by atoms with E-state index in [0.29, 0.717) is 0 Å². The summed E-state index contributed by atoms with van der Waals surface area (Å²) in [6.07, 6.45) is -1.19. The average Bonchev–Trinajstić information content (AvgIpc) is 2.90. The van der Waals surface area contributed by atoms with Gasteiger partial charge in [-0.3, -0.25) is 4.90 Å². The van der Waals surface area contributed by atoms with Gasteiger partial charge in [-0.15, -0.1) is 37.2 Å². The van der Waals surface area contributed by atoms with Crippen molar-refractivity contribution in [3.63, 3.8) is 0 Å². The molecule has 0 aliphatic carbocycles. The maximum Gasteiger partial charge on any atom is 0.109 e. The van der Waals surface area contributed by atoms with Crippen LogP contribution in [0.1, 0.15) is 0 Å². The maximum absolute atomic E-state index is 10.6. The molecule has 1 aromatic rings. The molecule has 0 bridgehead atoms. The molecule has 158 valence electrons. The van der Waals surface area contributed by atoms with Gasteiger partial charge in [-0.05, 0) is 26.2 Å². The normalized spacial score (nSPS) is 28.3. The van der Waals surface area contributed by atoms with Crippen LogP contribution in [-0.4, -0.2) is 97.8 Å². The van der Waals surface area contributed by atoms with Gasteiger partial charge in [-0.2, -0.15) is 0 Å². The van der Waals surface area contributed by atoms with Gasteiger partial charge in [-0.25, -0.2) is 0 Å². The largest absolute Gasteiger partial charge is 0.394 e. The van der Waals surface area contributed by atoms with Crippen molar-refractivity contribution < 1.29 is 14.9 Å². The summed E-state index contributed by atoms with van der Waals surface area (Å²) >= 11 is 0. The molecule has 2 fully saturated rings. The first kappa shape index (κ1) is 26.7. The Bertz CT molecular complexity index is 519. The number of anilines is 1. The Morgan fingerprint density at radius 2 is 1.59 bits per heavy atom. The maximum atomic E-state index is 10.6. The number of aliphatic hydroxyl groups is 2. The van der Waals surface area contributed by atoms with Crippen molar-refractivity contribution in [3.8, 4) is 0 Å². The standard InChI is InChI=1S/C18H29N3O3.3ClH/c1-19(2)12-15-17(18(23)16(13-22)24-15)21-10-8-20(9-11-21)14-6-4-3-5-7-14;;;/h3-7,15-18,22-23H,8-13H2,1-2H3;3*1H/t15-,16+,17+,18-;;;/m1.../s1. The summed E-state index contributed by atoms with van der Waals surface area (Å²) in [6.45, 7) is 4.27. The van der Waals surface area contributed by atoms with Crippen LogP contribution in [0.3, 0.4) is 0 Å². The number of para-hydroxylation sites is 1. The third kappa shape index (κ3) is 6.34. The third-order valence-electron chi connectivity index (χ3n) is 5.04. The molecule has 2 aliphatic rings. The number of rotatable bonds is 5. The quantitative estimate of drug-likeness (QED) is 0.710. The molecule has 2 aliphatic heterocycles. The van der Waals surface area contributed by atoms with Gasteiger partial charge < -0.3 is 24.7 Å². The van der Waals surface area contributed by atoms with E-state index in [0.717, 1.165) is 32.7 Å². The average molecular weight is 445 g/mol. The highest BCUT2D eigenvalue weighted by molar-refractivity contribution is 5.86. The number of nitrogens with zero attached hydrogens (tertiary/aromatic N) is 3. The van der Waals surface area contributed by atoms with Gasteiger partial charge >= 0.3 is 0 Å². The smallest absolute Gasteiger partial charge is 0.109 e. The molecule has 0 aromatic heterocycles. The molecule has 0 unspecified atom stereocenters. The number of aliphatic hydroxyl groups excluding tert-OH is 2. The molecule has 2 saturated heterocycles. The second kappa shape index (κ2) is 12.3. The first-order valence-electron chi connectivity index (χ1n) is 8.73. The number of likely N-dealkylation sites (N-methyl/N-ethyl adjacent to an activating group) is 1. The van der Waals surface area contributed by atoms with Crippen molar-refractivity contribution in [1.82, 2.24) is 9.80 Å². The molecule has 27 heavy (non-hydrogen) atoms. The Balaban J connectivity index is 0.00000225. The summed E-state index contributed by atoms with van der Waals surface area (Å²) in [7, 11) is 4.01. The molecule has 3 rings (SSSR count). The lowest BCUT2D eigenvalue weighted by molar-refractivity contribution is -0.0274. The lowest BCUT2D eigenvalue weighted by atomic mass is 10.0. The van der Waals surface area contributed by atoms with Crippen LogP contribution in [0.15, 0.2) is 30.3 Å². The van der Waals surface area contributed by atoms with E-state index in [9.17, 15) is 10.2 Å². The summed E-state index contributed by atoms with van der Waals surface area (Å²) < 4.78 is 5.91. The van der Waals surface area contributed by atoms with E-state index in [2.05, 4.69) is 39.0 Å². The fraction of sp³-hybridized carbons (Fsp3) is 0.667. The lowest BCUT2D eigenvalue weighted by Gasteiger charge is -2.41. The zero-order valence-electron chi connectivity index (χ0n) is 15.8. The van der Waals surface area contributed by atoms with Crippen LogP contribution in [-0.2, 0) is 4.74 Å². The van der Waals surface area contributed by atoms with Gasteiger partial charge in [0.25, 0.3) is 0 Å². The Kier molecular flexibility index (Phi) is 12.2. The van der Waals surface area contributed by atoms with E-state index in [1.165, 1.54) is 5.69 Å². The van der Waals surface area contributed by atoms with Crippen molar-refractivity contribution in [2.45, 2.75) is 24.4 Å². The van der Waals surface area contributed by atoms with E-state index in [1.807, 2.05) is 20.2 Å². The van der Waals surface area contributed by atoms with Crippen LogP contribution < -0.4 is 4.90 Å². The predicted octanol–water partition coefficient (Wildman–Crippen LogP) is 1.12. The minimum absolute atomic E-state index is 0. The minimum atomic E-state index is -0.636. The van der Waals surface area contributed by atoms with Gasteiger partial charge in [0.1, 0.15) is 12.2 Å². The molecular formula is C18H32Cl3N3O3. The Morgan fingerprint density at radius 3 is 2.11 bits per heavy atom. The number of hydrogen-bond acceptors (Lipinski definition) is 6. The second-order valence-corrected chi connectivity index (χ2v) is 7.00. The third-order valence-corrected chi connectivity index (χ3v) is 5.04. The number of hydrogen-bond donors (Lipinski definition) is 2. The van der Waals surface area contributed by atoms with Gasteiger partial charge in [-0.1, -0.05) is 18.2 Å². The molecular weight excluding hydrogens is 413 g/mol. The Morgan fingerprint density at radius 1 is 1.00 bits per heavy atom. The number of piperazine rings is 1. The monoisotopic (exact) mass is 443 g/mol. The molecule has 0 amide bonds. The first-order chi connectivity index (χ1) is 11.6. The van der Waals surface area contributed by atoms with Gasteiger partial charge in [0.2, 0.25) is 0 Å². The van der Waals surface area contributed by atoms with Crippen LogP contribution >= 0.6 is 37.2 Å². The summed E-state index contributed by atoms with van der Waals surface area (Å²) in [5.74, 6) is 0. The predicted molar refractivity (Wildman–Crippen MR) is 116 cm³/mol. The van der Waals surface area contributed by atoms with E-state index >= 15 is 0 Å². The van der Waals surface area contributed by atoms with Gasteiger partial charge in [0.15, 0.2) is 0 Å². The fourth-order valence-corrected chi connectivity index (χ4v) is 3.86. The van der Waals surface area contributed by atoms with Gasteiger partial charge in [0.05, 0.1) is 18.8 Å².